The summed E-state index contributed by atoms with van der Waals surface area (Å²) in [6, 6.07) is 15.6. The Morgan fingerprint density at radius 2 is 1.88 bits per heavy atom. The van der Waals surface area contributed by atoms with Crippen molar-refractivity contribution < 1.29 is 4.79 Å². The van der Waals surface area contributed by atoms with Crippen molar-refractivity contribution in [3.05, 3.63) is 58.1 Å². The fourth-order valence-corrected chi connectivity index (χ4v) is 3.50. The van der Waals surface area contributed by atoms with Gasteiger partial charge in [-0.25, -0.2) is 4.79 Å². The highest BCUT2D eigenvalue weighted by Crippen LogP contribution is 2.24. The Labute approximate surface area is 156 Å². The van der Waals surface area contributed by atoms with Crippen LogP contribution in [0.3, 0.4) is 0 Å². The second-order valence-corrected chi connectivity index (χ2v) is 6.87. The number of para-hydroxylation sites is 1. The predicted octanol–water partition coefficient (Wildman–Crippen LogP) is 3.98. The number of benzene rings is 2. The molecule has 2 aromatic rings. The van der Waals surface area contributed by atoms with Crippen molar-refractivity contribution in [3.8, 4) is 6.07 Å². The van der Waals surface area contributed by atoms with Crippen LogP contribution >= 0.6 is 15.9 Å². The number of rotatable bonds is 2. The number of halogens is 1. The number of carbonyl (C=O) groups is 1. The molecule has 0 bridgehead atoms. The number of nitrogens with zero attached hydrogens (tertiary/aromatic N) is 3. The van der Waals surface area contributed by atoms with Crippen LogP contribution in [0.1, 0.15) is 11.1 Å². The average molecular weight is 399 g/mol. The topological polar surface area (TPSA) is 59.4 Å². The first-order valence-corrected chi connectivity index (χ1v) is 8.94. The molecule has 1 saturated heterocycles. The van der Waals surface area contributed by atoms with Crippen LogP contribution in [0.15, 0.2) is 46.9 Å². The van der Waals surface area contributed by atoms with Crippen LogP contribution in [-0.2, 0) is 0 Å². The molecule has 1 fully saturated rings. The second-order valence-electron chi connectivity index (χ2n) is 6.02. The van der Waals surface area contributed by atoms with E-state index in [1.165, 1.54) is 0 Å². The van der Waals surface area contributed by atoms with Gasteiger partial charge in [0.05, 0.1) is 16.9 Å². The maximum absolute atomic E-state index is 12.5. The van der Waals surface area contributed by atoms with E-state index in [2.05, 4.69) is 32.2 Å². The molecule has 2 aromatic carbocycles. The first-order valence-electron chi connectivity index (χ1n) is 8.14. The van der Waals surface area contributed by atoms with Crippen LogP contribution < -0.4 is 10.2 Å². The van der Waals surface area contributed by atoms with Gasteiger partial charge < -0.3 is 15.1 Å². The van der Waals surface area contributed by atoms with Gasteiger partial charge in [0.15, 0.2) is 0 Å². The van der Waals surface area contributed by atoms with E-state index in [1.54, 1.807) is 4.90 Å². The van der Waals surface area contributed by atoms with Gasteiger partial charge in [0.2, 0.25) is 0 Å². The van der Waals surface area contributed by atoms with Gasteiger partial charge in [-0.2, -0.15) is 5.26 Å². The van der Waals surface area contributed by atoms with Crippen molar-refractivity contribution in [3.63, 3.8) is 0 Å². The van der Waals surface area contributed by atoms with Crippen molar-refractivity contribution in [1.82, 2.24) is 4.90 Å². The second kappa shape index (κ2) is 7.58. The lowest BCUT2D eigenvalue weighted by Gasteiger charge is -2.36. The minimum Gasteiger partial charge on any atom is -0.367 e. The summed E-state index contributed by atoms with van der Waals surface area (Å²) in [6.45, 7) is 4.67. The number of amides is 2. The van der Waals surface area contributed by atoms with E-state index >= 15 is 0 Å². The van der Waals surface area contributed by atoms with Crippen molar-refractivity contribution >= 4 is 33.3 Å². The first kappa shape index (κ1) is 17.3. The van der Waals surface area contributed by atoms with Gasteiger partial charge in [0.1, 0.15) is 6.07 Å². The van der Waals surface area contributed by atoms with Crippen LogP contribution in [0, 0.1) is 18.3 Å². The molecule has 0 radical (unpaired) electrons. The molecule has 0 spiro atoms. The zero-order valence-electron chi connectivity index (χ0n) is 14.0. The molecular weight excluding hydrogens is 380 g/mol. The molecule has 25 heavy (non-hydrogen) atoms. The van der Waals surface area contributed by atoms with Crippen LogP contribution in [0.4, 0.5) is 16.2 Å². The third-order valence-electron chi connectivity index (χ3n) is 4.30. The summed E-state index contributed by atoms with van der Waals surface area (Å²) in [7, 11) is 0. The Morgan fingerprint density at radius 3 is 2.56 bits per heavy atom. The van der Waals surface area contributed by atoms with Crippen LogP contribution in [-0.4, -0.2) is 37.1 Å². The van der Waals surface area contributed by atoms with E-state index in [0.717, 1.165) is 21.4 Å². The largest absolute Gasteiger partial charge is 0.367 e. The summed E-state index contributed by atoms with van der Waals surface area (Å²) < 4.78 is 0.877. The molecule has 1 heterocycles. The highest BCUT2D eigenvalue weighted by molar-refractivity contribution is 9.10. The standard InChI is InChI=1S/C19H19BrN4O/c1-14-6-7-17(16(20)12-14)22-19(25)24-10-8-23(9-11-24)18-5-3-2-4-15(18)13-21/h2-7,12H,8-11H2,1H3,(H,22,25). The summed E-state index contributed by atoms with van der Waals surface area (Å²) >= 11 is 3.48. The molecule has 0 unspecified atom stereocenters. The Kier molecular flexibility index (Phi) is 5.25. The Balaban J connectivity index is 1.62. The summed E-state index contributed by atoms with van der Waals surface area (Å²) in [5.74, 6) is 0. The van der Waals surface area contributed by atoms with E-state index < -0.39 is 0 Å². The number of hydrogen-bond acceptors (Lipinski definition) is 3. The minimum atomic E-state index is -0.0993. The van der Waals surface area contributed by atoms with Gasteiger partial charge in [0.25, 0.3) is 0 Å². The quantitative estimate of drug-likeness (QED) is 0.831. The summed E-state index contributed by atoms with van der Waals surface area (Å²) in [4.78, 5) is 16.5. The molecule has 1 aliphatic heterocycles. The number of anilines is 2. The molecule has 128 valence electrons. The van der Waals surface area contributed by atoms with Crippen LogP contribution in [0.5, 0.6) is 0 Å². The zero-order chi connectivity index (χ0) is 17.8. The Morgan fingerprint density at radius 1 is 1.16 bits per heavy atom. The summed E-state index contributed by atoms with van der Waals surface area (Å²) in [5.41, 5.74) is 3.51. The number of urea groups is 1. The molecule has 2 amide bonds. The van der Waals surface area contributed by atoms with Crippen molar-refractivity contribution in [1.29, 1.82) is 5.26 Å². The Bertz CT molecular complexity index is 822. The lowest BCUT2D eigenvalue weighted by atomic mass is 10.1. The first-order chi connectivity index (χ1) is 12.1. The summed E-state index contributed by atoms with van der Waals surface area (Å²) in [6.07, 6.45) is 0. The van der Waals surface area contributed by atoms with E-state index in [9.17, 15) is 10.1 Å². The molecule has 0 aromatic heterocycles. The number of carbonyl (C=O) groups excluding carboxylic acids is 1. The van der Waals surface area contributed by atoms with Gasteiger partial charge in [-0.05, 0) is 52.7 Å². The van der Waals surface area contributed by atoms with E-state index in [1.807, 2.05) is 49.4 Å². The van der Waals surface area contributed by atoms with Crippen LogP contribution in [0.2, 0.25) is 0 Å². The molecule has 0 atom stereocenters. The Hall–Kier alpha value is -2.52. The van der Waals surface area contributed by atoms with Gasteiger partial charge in [-0.15, -0.1) is 0 Å². The fourth-order valence-electron chi connectivity index (χ4n) is 2.91. The molecule has 3 rings (SSSR count). The number of nitrogens with one attached hydrogen (secondary N) is 1. The molecule has 0 saturated carbocycles. The van der Waals surface area contributed by atoms with Crippen molar-refractivity contribution in [2.75, 3.05) is 36.4 Å². The highest BCUT2D eigenvalue weighted by Gasteiger charge is 2.23. The van der Waals surface area contributed by atoms with Crippen molar-refractivity contribution in [2.45, 2.75) is 6.92 Å². The average Bonchev–Trinajstić information content (AvgIpc) is 2.64. The number of hydrogen-bond donors (Lipinski definition) is 1. The fraction of sp³-hybridized carbons (Fsp3) is 0.263. The van der Waals surface area contributed by atoms with Gasteiger partial charge in [-0.3, -0.25) is 0 Å². The predicted molar refractivity (Wildman–Crippen MR) is 103 cm³/mol. The van der Waals surface area contributed by atoms with Crippen molar-refractivity contribution in [2.24, 2.45) is 0 Å². The van der Waals surface area contributed by atoms with E-state index in [4.69, 9.17) is 0 Å². The molecule has 0 aliphatic carbocycles. The monoisotopic (exact) mass is 398 g/mol. The smallest absolute Gasteiger partial charge is 0.321 e. The lowest BCUT2D eigenvalue weighted by Crippen LogP contribution is -2.50. The molecule has 5 nitrogen and oxygen atoms in total. The maximum atomic E-state index is 12.5. The third-order valence-corrected chi connectivity index (χ3v) is 4.95. The van der Waals surface area contributed by atoms with Crippen LogP contribution in [0.25, 0.3) is 0 Å². The number of nitriles is 1. The highest BCUT2D eigenvalue weighted by atomic mass is 79.9. The SMILES string of the molecule is Cc1ccc(NC(=O)N2CCN(c3ccccc3C#N)CC2)c(Br)c1. The maximum Gasteiger partial charge on any atom is 0.321 e. The molecule has 1 aliphatic rings. The van der Waals surface area contributed by atoms with E-state index in [-0.39, 0.29) is 6.03 Å². The summed E-state index contributed by atoms with van der Waals surface area (Å²) in [5, 5.41) is 12.2. The van der Waals surface area contributed by atoms with E-state index in [0.29, 0.717) is 31.7 Å². The third kappa shape index (κ3) is 3.94. The lowest BCUT2D eigenvalue weighted by molar-refractivity contribution is 0.208. The molecule has 6 heteroatoms. The van der Waals surface area contributed by atoms with Gasteiger partial charge >= 0.3 is 6.03 Å². The number of piperazine rings is 1. The zero-order valence-corrected chi connectivity index (χ0v) is 15.6. The molecular formula is C19H19BrN4O. The number of aryl methyl sites for hydroxylation is 1. The minimum absolute atomic E-state index is 0.0993. The normalized spacial score (nSPS) is 14.1. The van der Waals surface area contributed by atoms with Gasteiger partial charge in [0, 0.05) is 30.7 Å². The van der Waals surface area contributed by atoms with Gasteiger partial charge in [-0.1, -0.05) is 18.2 Å². The molecule has 1 N–H and O–H groups in total.